The fourth-order valence-electron chi connectivity index (χ4n) is 3.81. The number of rotatable bonds is 6. The molecule has 0 saturated carbocycles. The molecule has 1 aliphatic carbocycles. The first-order valence-corrected chi connectivity index (χ1v) is 11.2. The highest BCUT2D eigenvalue weighted by Gasteiger charge is 2.41. The Balaban J connectivity index is 1.72. The van der Waals surface area contributed by atoms with Crippen molar-refractivity contribution < 1.29 is 22.7 Å². The molecular weight excluding hydrogens is 404 g/mol. The quantitative estimate of drug-likeness (QED) is 0.763. The lowest BCUT2D eigenvalue weighted by Gasteiger charge is -2.27. The Hall–Kier alpha value is -2.97. The normalized spacial score (nSPS) is 16.8. The SMILES string of the molecule is COc1ccc(CNS(=O)(=O)C2=C(N3CCCC3)C(=O)c3ccccc3C2=O)cc1. The van der Waals surface area contributed by atoms with Gasteiger partial charge in [0.25, 0.3) is 0 Å². The number of fused-ring (bicyclic) bond motifs is 1. The van der Waals surface area contributed by atoms with Crippen molar-refractivity contribution in [2.75, 3.05) is 20.2 Å². The lowest BCUT2D eigenvalue weighted by atomic mass is 9.92. The van der Waals surface area contributed by atoms with E-state index >= 15 is 0 Å². The zero-order valence-electron chi connectivity index (χ0n) is 16.6. The fraction of sp³-hybridized carbons (Fsp3) is 0.273. The summed E-state index contributed by atoms with van der Waals surface area (Å²) >= 11 is 0. The number of methoxy groups -OCH3 is 1. The standard InChI is InChI=1S/C22H22N2O5S/c1-29-16-10-8-15(9-11-16)14-23-30(27,28)22-19(24-12-4-5-13-24)20(25)17-6-2-3-7-18(17)21(22)26/h2-3,6-11,23H,4-5,12-14H2,1H3. The summed E-state index contributed by atoms with van der Waals surface area (Å²) in [5, 5.41) is 0. The first-order chi connectivity index (χ1) is 14.4. The fourth-order valence-corrected chi connectivity index (χ4v) is 5.14. The van der Waals surface area contributed by atoms with Crippen LogP contribution in [0.3, 0.4) is 0 Å². The molecule has 2 aliphatic rings. The minimum Gasteiger partial charge on any atom is -0.497 e. The molecule has 1 heterocycles. The first kappa shape index (κ1) is 20.3. The molecule has 156 valence electrons. The van der Waals surface area contributed by atoms with Crippen LogP contribution < -0.4 is 9.46 Å². The first-order valence-electron chi connectivity index (χ1n) is 9.72. The summed E-state index contributed by atoms with van der Waals surface area (Å²) in [6, 6.07) is 13.3. The second-order valence-corrected chi connectivity index (χ2v) is 8.95. The van der Waals surface area contributed by atoms with Crippen molar-refractivity contribution in [2.45, 2.75) is 19.4 Å². The Bertz CT molecular complexity index is 1130. The highest BCUT2D eigenvalue weighted by Crippen LogP contribution is 2.32. The molecule has 2 aromatic carbocycles. The van der Waals surface area contributed by atoms with Gasteiger partial charge < -0.3 is 9.64 Å². The molecule has 2 aromatic rings. The number of likely N-dealkylation sites (tertiary alicyclic amines) is 1. The van der Waals surface area contributed by atoms with Gasteiger partial charge in [0, 0.05) is 30.8 Å². The summed E-state index contributed by atoms with van der Waals surface area (Å²) in [4.78, 5) is 27.7. The third kappa shape index (κ3) is 3.64. The summed E-state index contributed by atoms with van der Waals surface area (Å²) in [7, 11) is -2.67. The molecule has 7 nitrogen and oxygen atoms in total. The number of hydrogen-bond acceptors (Lipinski definition) is 6. The molecule has 0 atom stereocenters. The van der Waals surface area contributed by atoms with E-state index in [4.69, 9.17) is 4.74 Å². The zero-order valence-corrected chi connectivity index (χ0v) is 17.4. The van der Waals surface area contributed by atoms with Crippen molar-refractivity contribution >= 4 is 21.6 Å². The van der Waals surface area contributed by atoms with Crippen LogP contribution in [0.4, 0.5) is 0 Å². The lowest BCUT2D eigenvalue weighted by molar-refractivity contribution is 0.0952. The van der Waals surface area contributed by atoms with Gasteiger partial charge in [0.2, 0.25) is 21.6 Å². The van der Waals surface area contributed by atoms with Crippen molar-refractivity contribution in [3.8, 4) is 5.75 Å². The van der Waals surface area contributed by atoms with E-state index in [0.717, 1.165) is 12.8 Å². The van der Waals surface area contributed by atoms with E-state index in [1.807, 2.05) is 0 Å². The molecule has 8 heteroatoms. The van der Waals surface area contributed by atoms with Gasteiger partial charge in [0.1, 0.15) is 11.4 Å². The molecule has 4 rings (SSSR count). The highest BCUT2D eigenvalue weighted by molar-refractivity contribution is 7.94. The summed E-state index contributed by atoms with van der Waals surface area (Å²) in [6.07, 6.45) is 1.69. The van der Waals surface area contributed by atoms with Crippen LogP contribution >= 0.6 is 0 Å². The summed E-state index contributed by atoms with van der Waals surface area (Å²) in [5.41, 5.74) is 1.06. The van der Waals surface area contributed by atoms with Crippen LogP contribution in [0.2, 0.25) is 0 Å². The van der Waals surface area contributed by atoms with Crippen molar-refractivity contribution in [1.82, 2.24) is 9.62 Å². The van der Waals surface area contributed by atoms with E-state index in [-0.39, 0.29) is 23.4 Å². The van der Waals surface area contributed by atoms with E-state index in [1.165, 1.54) is 6.07 Å². The van der Waals surface area contributed by atoms with Crippen LogP contribution in [0.5, 0.6) is 5.75 Å². The van der Waals surface area contributed by atoms with Crippen LogP contribution in [0.25, 0.3) is 0 Å². The number of sulfonamides is 1. The number of carbonyl (C=O) groups excluding carboxylic acids is 2. The summed E-state index contributed by atoms with van der Waals surface area (Å²) < 4.78 is 34.0. The van der Waals surface area contributed by atoms with Crippen LogP contribution in [-0.2, 0) is 16.6 Å². The largest absolute Gasteiger partial charge is 0.497 e. The van der Waals surface area contributed by atoms with E-state index < -0.39 is 26.5 Å². The number of hydrogen-bond donors (Lipinski definition) is 1. The average Bonchev–Trinajstić information content (AvgIpc) is 3.29. The van der Waals surface area contributed by atoms with Crippen molar-refractivity contribution in [3.63, 3.8) is 0 Å². The minimum atomic E-state index is -4.22. The van der Waals surface area contributed by atoms with Crippen LogP contribution in [0.1, 0.15) is 39.1 Å². The zero-order chi connectivity index (χ0) is 21.3. The van der Waals surface area contributed by atoms with Gasteiger partial charge >= 0.3 is 0 Å². The number of nitrogens with one attached hydrogen (secondary N) is 1. The van der Waals surface area contributed by atoms with Gasteiger partial charge in [-0.05, 0) is 30.5 Å². The lowest BCUT2D eigenvalue weighted by Crippen LogP contribution is -2.38. The minimum absolute atomic E-state index is 0.00771. The molecule has 0 aromatic heterocycles. The molecule has 0 unspecified atom stereocenters. The van der Waals surface area contributed by atoms with Gasteiger partial charge in [0.05, 0.1) is 7.11 Å². The molecule has 30 heavy (non-hydrogen) atoms. The number of allylic oxidation sites excluding steroid dienone is 2. The second-order valence-electron chi connectivity index (χ2n) is 7.25. The number of Topliss-reactive ketones (excluding diaryl/α,β-unsaturated/α-hetero) is 2. The summed E-state index contributed by atoms with van der Waals surface area (Å²) in [5.74, 6) is -0.406. The van der Waals surface area contributed by atoms with E-state index in [2.05, 4.69) is 4.72 Å². The van der Waals surface area contributed by atoms with Gasteiger partial charge in [-0.25, -0.2) is 13.1 Å². The van der Waals surface area contributed by atoms with Gasteiger partial charge in [-0.2, -0.15) is 0 Å². The van der Waals surface area contributed by atoms with E-state index in [9.17, 15) is 18.0 Å². The molecule has 0 bridgehead atoms. The molecule has 0 amide bonds. The van der Waals surface area contributed by atoms with Gasteiger partial charge in [-0.15, -0.1) is 0 Å². The van der Waals surface area contributed by atoms with E-state index in [0.29, 0.717) is 24.4 Å². The highest BCUT2D eigenvalue weighted by atomic mass is 32.2. The smallest absolute Gasteiger partial charge is 0.247 e. The molecule has 1 saturated heterocycles. The molecule has 0 radical (unpaired) electrons. The number of carbonyl (C=O) groups is 2. The molecule has 0 spiro atoms. The van der Waals surface area contributed by atoms with Crippen LogP contribution in [0.15, 0.2) is 59.1 Å². The van der Waals surface area contributed by atoms with Crippen LogP contribution in [-0.4, -0.2) is 45.1 Å². The Morgan fingerprint density at radius 3 is 2.13 bits per heavy atom. The van der Waals surface area contributed by atoms with Crippen molar-refractivity contribution in [2.24, 2.45) is 0 Å². The number of ketones is 2. The Morgan fingerprint density at radius 1 is 0.933 bits per heavy atom. The number of nitrogens with zero attached hydrogens (tertiary/aromatic N) is 1. The molecule has 1 N–H and O–H groups in total. The molecule has 1 fully saturated rings. The maximum Gasteiger partial charge on any atom is 0.247 e. The Labute approximate surface area is 175 Å². The van der Waals surface area contributed by atoms with Gasteiger partial charge in [-0.3, -0.25) is 9.59 Å². The van der Waals surface area contributed by atoms with Gasteiger partial charge in [0.15, 0.2) is 4.91 Å². The topological polar surface area (TPSA) is 92.8 Å². The van der Waals surface area contributed by atoms with Crippen molar-refractivity contribution in [3.05, 3.63) is 75.8 Å². The third-order valence-corrected chi connectivity index (χ3v) is 6.81. The number of ether oxygens (including phenoxy) is 1. The predicted molar refractivity (Wildman–Crippen MR) is 112 cm³/mol. The number of benzene rings is 2. The maximum absolute atomic E-state index is 13.2. The average molecular weight is 426 g/mol. The Morgan fingerprint density at radius 2 is 1.53 bits per heavy atom. The van der Waals surface area contributed by atoms with E-state index in [1.54, 1.807) is 54.5 Å². The molecular formula is C22H22N2O5S. The van der Waals surface area contributed by atoms with Crippen molar-refractivity contribution in [1.29, 1.82) is 0 Å². The third-order valence-electron chi connectivity index (χ3n) is 5.37. The monoisotopic (exact) mass is 426 g/mol. The molecule has 1 aliphatic heterocycles. The predicted octanol–water partition coefficient (Wildman–Crippen LogP) is 2.50. The van der Waals surface area contributed by atoms with Crippen LogP contribution in [0, 0.1) is 0 Å². The summed E-state index contributed by atoms with van der Waals surface area (Å²) in [6.45, 7) is 1.09. The van der Waals surface area contributed by atoms with Gasteiger partial charge in [-0.1, -0.05) is 36.4 Å². The second kappa shape index (κ2) is 8.04. The Kier molecular flexibility index (Phi) is 5.44. The maximum atomic E-state index is 13.2.